The van der Waals surface area contributed by atoms with Crippen molar-refractivity contribution in [2.45, 2.75) is 0 Å². The Kier molecular flexibility index (Phi) is 4.76. The van der Waals surface area contributed by atoms with Crippen LogP contribution in [0.3, 0.4) is 0 Å². The molecule has 1 amide bonds. The Hall–Kier alpha value is -3.60. The van der Waals surface area contributed by atoms with Crippen molar-refractivity contribution in [2.24, 2.45) is 0 Å². The van der Waals surface area contributed by atoms with E-state index in [1.807, 2.05) is 12.1 Å². The van der Waals surface area contributed by atoms with Crippen LogP contribution < -0.4 is 4.90 Å². The number of hydrogen-bond acceptors (Lipinski definition) is 4. The number of rotatable bonds is 3. The summed E-state index contributed by atoms with van der Waals surface area (Å²) >= 11 is 0. The third kappa shape index (κ3) is 3.84. The lowest BCUT2D eigenvalue weighted by atomic mass is 10.2. The van der Waals surface area contributed by atoms with Gasteiger partial charge in [0, 0.05) is 0 Å². The second kappa shape index (κ2) is 7.31. The molecular formula is C20H15NO4. The van der Waals surface area contributed by atoms with Gasteiger partial charge in [0.25, 0.3) is 0 Å². The highest BCUT2D eigenvalue weighted by Crippen LogP contribution is 2.26. The first-order valence-electron chi connectivity index (χ1n) is 7.60. The summed E-state index contributed by atoms with van der Waals surface area (Å²) in [5.41, 5.74) is 1.33. The molecule has 0 unspecified atom stereocenters. The Morgan fingerprint density at radius 3 is 1.68 bits per heavy atom. The molecule has 0 aliphatic rings. The third-order valence-electron chi connectivity index (χ3n) is 3.49. The van der Waals surface area contributed by atoms with E-state index >= 15 is 0 Å². The fourth-order valence-corrected chi connectivity index (χ4v) is 2.30. The molecule has 5 nitrogen and oxygen atoms in total. The van der Waals surface area contributed by atoms with Gasteiger partial charge in [0.2, 0.25) is 0 Å². The monoisotopic (exact) mass is 333 g/mol. The van der Waals surface area contributed by atoms with Crippen molar-refractivity contribution in [3.05, 3.63) is 90.5 Å². The number of hydrogen-bond donors (Lipinski definition) is 1. The predicted molar refractivity (Wildman–Crippen MR) is 93.9 cm³/mol. The molecule has 0 fully saturated rings. The highest BCUT2D eigenvalue weighted by Gasteiger charge is 2.23. The molecule has 0 aliphatic heterocycles. The molecule has 5 heteroatoms. The molecular weight excluding hydrogens is 318 g/mol. The molecule has 3 aromatic carbocycles. The first-order valence-corrected chi connectivity index (χ1v) is 7.60. The number of phenolic OH excluding ortho intramolecular Hbond substituents is 1. The van der Waals surface area contributed by atoms with E-state index in [9.17, 15) is 14.7 Å². The zero-order chi connectivity index (χ0) is 17.6. The number of carbonyl (C=O) groups excluding carboxylic acids is 2. The summed E-state index contributed by atoms with van der Waals surface area (Å²) < 4.78 is 5.01. The van der Waals surface area contributed by atoms with Crippen LogP contribution >= 0.6 is 0 Å². The fourth-order valence-electron chi connectivity index (χ4n) is 2.30. The van der Waals surface area contributed by atoms with Crippen LogP contribution in [0.1, 0.15) is 10.4 Å². The molecule has 0 heterocycles. The largest absolute Gasteiger partial charge is 0.508 e. The zero-order valence-electron chi connectivity index (χ0n) is 13.2. The van der Waals surface area contributed by atoms with Gasteiger partial charge in [-0.25, -0.2) is 14.5 Å². The molecule has 0 aromatic heterocycles. The van der Waals surface area contributed by atoms with E-state index in [1.165, 1.54) is 29.2 Å². The standard InChI is InChI=1S/C20H15NO4/c22-18-13-11-15(12-14-18)19(23)25-20(24)21(16-7-3-1-4-8-16)17-9-5-2-6-10-17/h1-14,22H. The maximum absolute atomic E-state index is 12.6. The average molecular weight is 333 g/mol. The number of anilines is 2. The van der Waals surface area contributed by atoms with Crippen LogP contribution in [-0.2, 0) is 4.74 Å². The molecule has 0 saturated carbocycles. The lowest BCUT2D eigenvalue weighted by Gasteiger charge is -2.21. The van der Waals surface area contributed by atoms with Crippen molar-refractivity contribution in [3.8, 4) is 5.75 Å². The van der Waals surface area contributed by atoms with Crippen molar-refractivity contribution in [3.63, 3.8) is 0 Å². The maximum atomic E-state index is 12.6. The van der Waals surface area contributed by atoms with E-state index in [0.29, 0.717) is 11.4 Å². The van der Waals surface area contributed by atoms with E-state index in [-0.39, 0.29) is 11.3 Å². The number of nitrogens with zero attached hydrogens (tertiary/aromatic N) is 1. The van der Waals surface area contributed by atoms with Gasteiger partial charge >= 0.3 is 12.1 Å². The van der Waals surface area contributed by atoms with E-state index in [2.05, 4.69) is 0 Å². The summed E-state index contributed by atoms with van der Waals surface area (Å²) in [4.78, 5) is 26.1. The molecule has 0 radical (unpaired) electrons. The molecule has 0 atom stereocenters. The van der Waals surface area contributed by atoms with E-state index < -0.39 is 12.1 Å². The van der Waals surface area contributed by atoms with Gasteiger partial charge in [-0.05, 0) is 48.5 Å². The zero-order valence-corrected chi connectivity index (χ0v) is 13.2. The number of phenols is 1. The van der Waals surface area contributed by atoms with Crippen LogP contribution in [0.5, 0.6) is 5.75 Å². The summed E-state index contributed by atoms with van der Waals surface area (Å²) in [7, 11) is 0. The van der Waals surface area contributed by atoms with Crippen LogP contribution in [0.25, 0.3) is 0 Å². The number of aromatic hydroxyl groups is 1. The van der Waals surface area contributed by atoms with Crippen molar-refractivity contribution in [2.75, 3.05) is 4.90 Å². The average Bonchev–Trinajstić information content (AvgIpc) is 2.64. The molecule has 3 aromatic rings. The van der Waals surface area contributed by atoms with Crippen molar-refractivity contribution >= 4 is 23.4 Å². The summed E-state index contributed by atoms with van der Waals surface area (Å²) in [5.74, 6) is -0.764. The second-order valence-corrected chi connectivity index (χ2v) is 5.21. The van der Waals surface area contributed by atoms with Gasteiger partial charge in [-0.3, -0.25) is 0 Å². The van der Waals surface area contributed by atoms with Crippen molar-refractivity contribution in [1.29, 1.82) is 0 Å². The molecule has 25 heavy (non-hydrogen) atoms. The number of ether oxygens (including phenoxy) is 1. The first-order chi connectivity index (χ1) is 12.1. The molecule has 0 spiro atoms. The predicted octanol–water partition coefficient (Wildman–Crippen LogP) is 4.51. The van der Waals surface area contributed by atoms with Gasteiger partial charge in [0.1, 0.15) is 5.75 Å². The third-order valence-corrected chi connectivity index (χ3v) is 3.49. The lowest BCUT2D eigenvalue weighted by molar-refractivity contribution is 0.0638. The van der Waals surface area contributed by atoms with Crippen molar-refractivity contribution < 1.29 is 19.4 Å². The minimum atomic E-state index is -0.810. The Morgan fingerprint density at radius 1 is 0.720 bits per heavy atom. The van der Waals surface area contributed by atoms with Gasteiger partial charge in [-0.1, -0.05) is 36.4 Å². The summed E-state index contributed by atoms with van der Waals surface area (Å²) in [6, 6.07) is 23.3. The number of para-hydroxylation sites is 2. The molecule has 3 rings (SSSR count). The number of benzene rings is 3. The minimum Gasteiger partial charge on any atom is -0.508 e. The van der Waals surface area contributed by atoms with Crippen LogP contribution in [0.2, 0.25) is 0 Å². The summed E-state index contributed by atoms with van der Waals surface area (Å²) in [6.45, 7) is 0. The van der Waals surface area contributed by atoms with E-state index in [1.54, 1.807) is 48.5 Å². The highest BCUT2D eigenvalue weighted by atomic mass is 16.6. The maximum Gasteiger partial charge on any atom is 0.426 e. The minimum absolute atomic E-state index is 0.0260. The van der Waals surface area contributed by atoms with Gasteiger partial charge < -0.3 is 9.84 Å². The van der Waals surface area contributed by atoms with Crippen LogP contribution in [0.4, 0.5) is 16.2 Å². The normalized spacial score (nSPS) is 10.1. The molecule has 0 bridgehead atoms. The molecule has 124 valence electrons. The fraction of sp³-hybridized carbons (Fsp3) is 0. The molecule has 0 aliphatic carbocycles. The van der Waals surface area contributed by atoms with Crippen LogP contribution in [-0.4, -0.2) is 17.2 Å². The van der Waals surface area contributed by atoms with Crippen LogP contribution in [0.15, 0.2) is 84.9 Å². The smallest absolute Gasteiger partial charge is 0.426 e. The quantitative estimate of drug-likeness (QED) is 0.566. The Morgan fingerprint density at radius 2 is 1.20 bits per heavy atom. The highest BCUT2D eigenvalue weighted by molar-refractivity contribution is 6.04. The van der Waals surface area contributed by atoms with Gasteiger partial charge in [-0.15, -0.1) is 0 Å². The van der Waals surface area contributed by atoms with Gasteiger partial charge in [-0.2, -0.15) is 0 Å². The molecule has 0 saturated heterocycles. The van der Waals surface area contributed by atoms with E-state index in [4.69, 9.17) is 4.74 Å². The van der Waals surface area contributed by atoms with Gasteiger partial charge in [0.05, 0.1) is 16.9 Å². The SMILES string of the molecule is O=C(OC(=O)N(c1ccccc1)c1ccccc1)c1ccc(O)cc1. The van der Waals surface area contributed by atoms with E-state index in [0.717, 1.165) is 0 Å². The first kappa shape index (κ1) is 16.3. The number of esters is 1. The van der Waals surface area contributed by atoms with Gasteiger partial charge in [0.15, 0.2) is 0 Å². The Labute approximate surface area is 144 Å². The number of carbonyl (C=O) groups is 2. The summed E-state index contributed by atoms with van der Waals surface area (Å²) in [5, 5.41) is 9.28. The van der Waals surface area contributed by atoms with Crippen molar-refractivity contribution in [1.82, 2.24) is 0 Å². The molecule has 1 N–H and O–H groups in total. The lowest BCUT2D eigenvalue weighted by Crippen LogP contribution is -2.29. The topological polar surface area (TPSA) is 66.8 Å². The Bertz CT molecular complexity index is 822. The Balaban J connectivity index is 1.87. The second-order valence-electron chi connectivity index (χ2n) is 5.21. The summed E-state index contributed by atoms with van der Waals surface area (Å²) in [6.07, 6.45) is -0.810. The van der Waals surface area contributed by atoms with Crippen LogP contribution in [0, 0.1) is 0 Å². The number of amides is 1.